The van der Waals surface area contributed by atoms with Gasteiger partial charge in [0.05, 0.1) is 15.5 Å². The van der Waals surface area contributed by atoms with Crippen LogP contribution in [0.25, 0.3) is 0 Å². The summed E-state index contributed by atoms with van der Waals surface area (Å²) in [5.41, 5.74) is 3.11. The average Bonchev–Trinajstić information content (AvgIpc) is 3.04. The Morgan fingerprint density at radius 1 is 1.11 bits per heavy atom. The van der Waals surface area contributed by atoms with Crippen molar-refractivity contribution in [3.63, 3.8) is 0 Å². The fourth-order valence-electron chi connectivity index (χ4n) is 2.31. The maximum atomic E-state index is 5.97. The molecule has 3 rings (SSSR count). The predicted octanol–water partition coefficient (Wildman–Crippen LogP) is 3.18. The molecule has 1 aliphatic heterocycles. The topological polar surface area (TPSA) is 19.4 Å². The number of thiazole rings is 1. The fraction of sp³-hybridized carbons (Fsp3) is 0.462. The van der Waals surface area contributed by atoms with Crippen LogP contribution in [0.2, 0.25) is 4.34 Å². The van der Waals surface area contributed by atoms with E-state index in [2.05, 4.69) is 26.2 Å². The smallest absolute Gasteiger partial charge is 0.0931 e. The molecule has 6 heteroatoms. The van der Waals surface area contributed by atoms with Crippen molar-refractivity contribution in [1.29, 1.82) is 0 Å². The lowest BCUT2D eigenvalue weighted by molar-refractivity contribution is 0.122. The first-order chi connectivity index (χ1) is 9.29. The number of nitrogens with zero attached hydrogens (tertiary/aromatic N) is 3. The monoisotopic (exact) mass is 313 g/mol. The standard InChI is InChI=1S/C13H16ClN3S2/c14-13-2-1-12(19-13)8-17-5-3-16(4-6-17)7-11-9-18-10-15-11/h1-2,9-10H,3-8H2. The van der Waals surface area contributed by atoms with Crippen LogP contribution >= 0.6 is 34.3 Å². The van der Waals surface area contributed by atoms with E-state index in [4.69, 9.17) is 11.6 Å². The first-order valence-corrected chi connectivity index (χ1v) is 8.49. The molecule has 102 valence electrons. The Hall–Kier alpha value is -0.460. The van der Waals surface area contributed by atoms with Crippen molar-refractivity contribution in [2.75, 3.05) is 26.2 Å². The molecule has 0 aromatic carbocycles. The van der Waals surface area contributed by atoms with Crippen molar-refractivity contribution in [2.45, 2.75) is 13.1 Å². The van der Waals surface area contributed by atoms with E-state index in [1.54, 1.807) is 22.7 Å². The summed E-state index contributed by atoms with van der Waals surface area (Å²) in [5.74, 6) is 0. The van der Waals surface area contributed by atoms with Gasteiger partial charge in [-0.2, -0.15) is 0 Å². The largest absolute Gasteiger partial charge is 0.296 e. The first-order valence-electron chi connectivity index (χ1n) is 6.35. The molecule has 0 bridgehead atoms. The van der Waals surface area contributed by atoms with Gasteiger partial charge in [-0.15, -0.1) is 22.7 Å². The van der Waals surface area contributed by atoms with E-state index in [0.29, 0.717) is 0 Å². The second-order valence-electron chi connectivity index (χ2n) is 4.74. The fourth-order valence-corrected chi connectivity index (χ4v) is 3.99. The van der Waals surface area contributed by atoms with Crippen molar-refractivity contribution in [3.8, 4) is 0 Å². The number of piperazine rings is 1. The lowest BCUT2D eigenvalue weighted by Crippen LogP contribution is -2.45. The Morgan fingerprint density at radius 3 is 2.42 bits per heavy atom. The molecule has 0 spiro atoms. The Balaban J connectivity index is 1.46. The van der Waals surface area contributed by atoms with E-state index in [1.807, 2.05) is 11.6 Å². The van der Waals surface area contributed by atoms with Gasteiger partial charge in [-0.05, 0) is 12.1 Å². The summed E-state index contributed by atoms with van der Waals surface area (Å²) in [6.45, 7) is 6.51. The number of thiophene rings is 1. The Kier molecular flexibility index (Phi) is 4.50. The molecule has 0 amide bonds. The van der Waals surface area contributed by atoms with Crippen molar-refractivity contribution >= 4 is 34.3 Å². The summed E-state index contributed by atoms with van der Waals surface area (Å²) in [7, 11) is 0. The highest BCUT2D eigenvalue weighted by molar-refractivity contribution is 7.16. The molecule has 0 radical (unpaired) electrons. The van der Waals surface area contributed by atoms with Gasteiger partial charge in [0.2, 0.25) is 0 Å². The van der Waals surface area contributed by atoms with E-state index in [0.717, 1.165) is 43.6 Å². The lowest BCUT2D eigenvalue weighted by atomic mass is 10.3. The van der Waals surface area contributed by atoms with Crippen LogP contribution in [-0.4, -0.2) is 41.0 Å². The van der Waals surface area contributed by atoms with Gasteiger partial charge in [0.15, 0.2) is 0 Å². The molecular formula is C13H16ClN3S2. The number of rotatable bonds is 4. The summed E-state index contributed by atoms with van der Waals surface area (Å²) in [6.07, 6.45) is 0. The van der Waals surface area contributed by atoms with Crippen LogP contribution in [0.4, 0.5) is 0 Å². The summed E-state index contributed by atoms with van der Waals surface area (Å²) >= 11 is 9.33. The Bertz CT molecular complexity index is 504. The average molecular weight is 314 g/mol. The zero-order valence-electron chi connectivity index (χ0n) is 10.6. The van der Waals surface area contributed by atoms with Gasteiger partial charge < -0.3 is 0 Å². The number of halogens is 1. The first kappa shape index (κ1) is 13.5. The van der Waals surface area contributed by atoms with Crippen LogP contribution < -0.4 is 0 Å². The third-order valence-corrected chi connectivity index (χ3v) is 5.19. The maximum absolute atomic E-state index is 5.97. The minimum absolute atomic E-state index is 0.886. The zero-order valence-corrected chi connectivity index (χ0v) is 13.0. The van der Waals surface area contributed by atoms with Crippen LogP contribution in [0.5, 0.6) is 0 Å². The second kappa shape index (κ2) is 6.33. The van der Waals surface area contributed by atoms with Gasteiger partial charge in [-0.25, -0.2) is 4.98 Å². The SMILES string of the molecule is Clc1ccc(CN2CCN(Cc3cscn3)CC2)s1. The van der Waals surface area contributed by atoms with E-state index in [9.17, 15) is 0 Å². The summed E-state index contributed by atoms with van der Waals surface area (Å²) in [4.78, 5) is 10.7. The zero-order chi connectivity index (χ0) is 13.1. The quantitative estimate of drug-likeness (QED) is 0.864. The van der Waals surface area contributed by atoms with Crippen molar-refractivity contribution in [3.05, 3.63) is 37.9 Å². The van der Waals surface area contributed by atoms with E-state index in [-0.39, 0.29) is 0 Å². The van der Waals surface area contributed by atoms with Gasteiger partial charge in [-0.3, -0.25) is 9.80 Å². The lowest BCUT2D eigenvalue weighted by Gasteiger charge is -2.34. The molecule has 2 aromatic rings. The van der Waals surface area contributed by atoms with E-state index < -0.39 is 0 Å². The van der Waals surface area contributed by atoms with Crippen molar-refractivity contribution < 1.29 is 0 Å². The third-order valence-electron chi connectivity index (χ3n) is 3.34. The molecule has 1 fully saturated rings. The highest BCUT2D eigenvalue weighted by atomic mass is 35.5. The molecule has 0 saturated carbocycles. The molecule has 0 unspecified atom stereocenters. The highest BCUT2D eigenvalue weighted by Gasteiger charge is 2.17. The number of hydrogen-bond acceptors (Lipinski definition) is 5. The third kappa shape index (κ3) is 3.77. The van der Waals surface area contributed by atoms with Crippen molar-refractivity contribution in [2.24, 2.45) is 0 Å². The molecule has 1 saturated heterocycles. The van der Waals surface area contributed by atoms with Gasteiger partial charge in [0.25, 0.3) is 0 Å². The molecule has 1 aliphatic rings. The minimum atomic E-state index is 0.886. The molecule has 0 atom stereocenters. The van der Waals surface area contributed by atoms with Crippen LogP contribution in [-0.2, 0) is 13.1 Å². The van der Waals surface area contributed by atoms with E-state index >= 15 is 0 Å². The molecular weight excluding hydrogens is 298 g/mol. The molecule has 0 N–H and O–H groups in total. The van der Waals surface area contributed by atoms with Gasteiger partial charge in [-0.1, -0.05) is 11.6 Å². The Morgan fingerprint density at radius 2 is 1.84 bits per heavy atom. The van der Waals surface area contributed by atoms with Gasteiger partial charge in [0.1, 0.15) is 0 Å². The summed E-state index contributed by atoms with van der Waals surface area (Å²) in [5, 5.41) is 2.14. The van der Waals surface area contributed by atoms with E-state index in [1.165, 1.54) is 10.6 Å². The van der Waals surface area contributed by atoms with Crippen LogP contribution in [0, 0.1) is 0 Å². The second-order valence-corrected chi connectivity index (χ2v) is 7.26. The summed E-state index contributed by atoms with van der Waals surface area (Å²) in [6, 6.07) is 4.12. The van der Waals surface area contributed by atoms with Crippen LogP contribution in [0.1, 0.15) is 10.6 Å². The minimum Gasteiger partial charge on any atom is -0.296 e. The van der Waals surface area contributed by atoms with Gasteiger partial charge in [0, 0.05) is 49.5 Å². The summed E-state index contributed by atoms with van der Waals surface area (Å²) < 4.78 is 0.886. The molecule has 3 heterocycles. The molecule has 0 aliphatic carbocycles. The normalized spacial score (nSPS) is 17.9. The molecule has 19 heavy (non-hydrogen) atoms. The van der Waals surface area contributed by atoms with Crippen molar-refractivity contribution in [1.82, 2.24) is 14.8 Å². The molecule has 3 nitrogen and oxygen atoms in total. The van der Waals surface area contributed by atoms with Crippen LogP contribution in [0.3, 0.4) is 0 Å². The van der Waals surface area contributed by atoms with Crippen LogP contribution in [0.15, 0.2) is 23.0 Å². The molecule has 2 aromatic heterocycles. The maximum Gasteiger partial charge on any atom is 0.0931 e. The number of hydrogen-bond donors (Lipinski definition) is 0. The predicted molar refractivity (Wildman–Crippen MR) is 82.0 cm³/mol. The number of aromatic nitrogens is 1. The van der Waals surface area contributed by atoms with Gasteiger partial charge >= 0.3 is 0 Å². The highest BCUT2D eigenvalue weighted by Crippen LogP contribution is 2.23. The Labute approximate surface area is 126 Å².